The standard InChI is InChI=1S/C15H19N3O3S/c1-10-9-22-14(17-10)15(2,3)16-8-13(19)11-5-4-6-12(7-11)18(20)21/h4-7,9,13,16,19H,8H2,1-3H3. The number of non-ortho nitro benzene ring substituents is 1. The fourth-order valence-corrected chi connectivity index (χ4v) is 2.93. The van der Waals surface area contributed by atoms with Crippen LogP contribution in [0.3, 0.4) is 0 Å². The van der Waals surface area contributed by atoms with Gasteiger partial charge in [-0.15, -0.1) is 11.3 Å². The molecule has 2 aromatic rings. The van der Waals surface area contributed by atoms with E-state index in [1.807, 2.05) is 26.2 Å². The monoisotopic (exact) mass is 321 g/mol. The first-order valence-corrected chi connectivity index (χ1v) is 7.77. The minimum atomic E-state index is -0.819. The molecule has 1 atom stereocenters. The number of aryl methyl sites for hydroxylation is 1. The number of aliphatic hydroxyl groups excluding tert-OH is 1. The molecule has 0 saturated carbocycles. The number of hydrogen-bond donors (Lipinski definition) is 2. The Balaban J connectivity index is 2.04. The second-order valence-corrected chi connectivity index (χ2v) is 6.53. The lowest BCUT2D eigenvalue weighted by atomic mass is 10.0. The van der Waals surface area contributed by atoms with E-state index in [-0.39, 0.29) is 17.8 Å². The van der Waals surface area contributed by atoms with Gasteiger partial charge in [-0.3, -0.25) is 10.1 Å². The molecule has 118 valence electrons. The van der Waals surface area contributed by atoms with E-state index in [4.69, 9.17) is 0 Å². The van der Waals surface area contributed by atoms with Crippen molar-refractivity contribution in [2.45, 2.75) is 32.4 Å². The molecule has 1 unspecified atom stereocenters. The lowest BCUT2D eigenvalue weighted by molar-refractivity contribution is -0.385. The maximum Gasteiger partial charge on any atom is 0.269 e. The summed E-state index contributed by atoms with van der Waals surface area (Å²) in [5, 5.41) is 27.2. The Morgan fingerprint density at radius 1 is 1.50 bits per heavy atom. The number of nitro groups is 1. The van der Waals surface area contributed by atoms with Gasteiger partial charge in [0.2, 0.25) is 0 Å². The maximum absolute atomic E-state index is 10.8. The third-order valence-corrected chi connectivity index (χ3v) is 4.64. The smallest absolute Gasteiger partial charge is 0.269 e. The number of aromatic nitrogens is 1. The molecule has 22 heavy (non-hydrogen) atoms. The van der Waals surface area contributed by atoms with Crippen molar-refractivity contribution < 1.29 is 10.0 Å². The fraction of sp³-hybridized carbons (Fsp3) is 0.400. The topological polar surface area (TPSA) is 88.3 Å². The zero-order valence-electron chi connectivity index (χ0n) is 12.7. The second kappa shape index (κ2) is 6.51. The summed E-state index contributed by atoms with van der Waals surface area (Å²) >= 11 is 1.57. The molecule has 1 heterocycles. The van der Waals surface area contributed by atoms with Crippen LogP contribution in [0, 0.1) is 17.0 Å². The van der Waals surface area contributed by atoms with E-state index in [1.54, 1.807) is 23.5 Å². The number of hydrogen-bond acceptors (Lipinski definition) is 6. The SMILES string of the molecule is Cc1csc(C(C)(C)NCC(O)c2cccc([N+](=O)[O-])c2)n1. The third-order valence-electron chi connectivity index (χ3n) is 3.36. The van der Waals surface area contributed by atoms with Crippen molar-refractivity contribution in [2.24, 2.45) is 0 Å². The molecule has 0 amide bonds. The van der Waals surface area contributed by atoms with Gasteiger partial charge in [0.25, 0.3) is 5.69 Å². The second-order valence-electron chi connectivity index (χ2n) is 5.67. The van der Waals surface area contributed by atoms with E-state index in [2.05, 4.69) is 10.3 Å². The summed E-state index contributed by atoms with van der Waals surface area (Å²) in [5.41, 5.74) is 1.09. The highest BCUT2D eigenvalue weighted by atomic mass is 32.1. The highest BCUT2D eigenvalue weighted by Crippen LogP contribution is 2.25. The molecule has 0 aliphatic rings. The number of rotatable bonds is 6. The largest absolute Gasteiger partial charge is 0.387 e. The van der Waals surface area contributed by atoms with Crippen molar-refractivity contribution >= 4 is 17.0 Å². The van der Waals surface area contributed by atoms with Gasteiger partial charge in [0.1, 0.15) is 5.01 Å². The Labute approximate surface area is 133 Å². The minimum absolute atomic E-state index is 0.0219. The van der Waals surface area contributed by atoms with Gasteiger partial charge in [0.05, 0.1) is 16.6 Å². The molecule has 0 aliphatic carbocycles. The molecule has 7 heteroatoms. The van der Waals surface area contributed by atoms with E-state index < -0.39 is 11.0 Å². The molecule has 2 N–H and O–H groups in total. The molecule has 1 aromatic carbocycles. The first-order valence-electron chi connectivity index (χ1n) is 6.89. The van der Waals surface area contributed by atoms with E-state index in [0.29, 0.717) is 5.56 Å². The molecule has 0 bridgehead atoms. The van der Waals surface area contributed by atoms with Gasteiger partial charge in [-0.2, -0.15) is 0 Å². The van der Waals surface area contributed by atoms with E-state index >= 15 is 0 Å². The quantitative estimate of drug-likeness (QED) is 0.631. The molecular formula is C15H19N3O3S. The maximum atomic E-state index is 10.8. The van der Waals surface area contributed by atoms with Crippen molar-refractivity contribution in [3.05, 3.63) is 56.0 Å². The van der Waals surface area contributed by atoms with E-state index in [9.17, 15) is 15.2 Å². The summed E-state index contributed by atoms with van der Waals surface area (Å²) < 4.78 is 0. The van der Waals surface area contributed by atoms with E-state index in [1.165, 1.54) is 12.1 Å². The summed E-state index contributed by atoms with van der Waals surface area (Å²) in [6, 6.07) is 6.06. The average Bonchev–Trinajstić information content (AvgIpc) is 2.92. The lowest BCUT2D eigenvalue weighted by Gasteiger charge is -2.25. The van der Waals surface area contributed by atoms with Crippen molar-refractivity contribution in [1.29, 1.82) is 0 Å². The first-order chi connectivity index (χ1) is 10.3. The summed E-state index contributed by atoms with van der Waals surface area (Å²) in [6.07, 6.45) is -0.819. The zero-order valence-corrected chi connectivity index (χ0v) is 13.6. The Kier molecular flexibility index (Phi) is 4.90. The van der Waals surface area contributed by atoms with Crippen LogP contribution in [0.2, 0.25) is 0 Å². The third kappa shape index (κ3) is 3.88. The Morgan fingerprint density at radius 2 is 2.23 bits per heavy atom. The number of nitrogens with one attached hydrogen (secondary N) is 1. The number of benzene rings is 1. The number of aliphatic hydroxyl groups is 1. The number of thiazole rings is 1. The molecule has 0 spiro atoms. The van der Waals surface area contributed by atoms with Crippen molar-refractivity contribution in [3.63, 3.8) is 0 Å². The molecule has 0 aliphatic heterocycles. The molecule has 0 fully saturated rings. The highest BCUT2D eigenvalue weighted by Gasteiger charge is 2.24. The fourth-order valence-electron chi connectivity index (χ4n) is 2.03. The predicted molar refractivity (Wildman–Crippen MR) is 85.9 cm³/mol. The number of nitro benzene ring substituents is 1. The summed E-state index contributed by atoms with van der Waals surface area (Å²) in [4.78, 5) is 14.8. The van der Waals surface area contributed by atoms with Crippen LogP contribution in [-0.2, 0) is 5.54 Å². The molecule has 2 rings (SSSR count). The predicted octanol–water partition coefficient (Wildman–Crippen LogP) is 2.92. The average molecular weight is 321 g/mol. The first kappa shape index (κ1) is 16.5. The van der Waals surface area contributed by atoms with E-state index in [0.717, 1.165) is 10.7 Å². The Morgan fingerprint density at radius 3 is 2.82 bits per heavy atom. The minimum Gasteiger partial charge on any atom is -0.387 e. The van der Waals surface area contributed by atoms with Crippen LogP contribution in [0.5, 0.6) is 0 Å². The van der Waals surface area contributed by atoms with Gasteiger partial charge in [-0.1, -0.05) is 12.1 Å². The van der Waals surface area contributed by atoms with Gasteiger partial charge < -0.3 is 10.4 Å². The van der Waals surface area contributed by atoms with Crippen molar-refractivity contribution in [2.75, 3.05) is 6.54 Å². The van der Waals surface area contributed by atoms with Crippen LogP contribution in [0.4, 0.5) is 5.69 Å². The summed E-state index contributed by atoms with van der Waals surface area (Å²) in [6.45, 7) is 6.21. The molecule has 6 nitrogen and oxygen atoms in total. The zero-order chi connectivity index (χ0) is 16.3. The molecule has 1 aromatic heterocycles. The van der Waals surface area contributed by atoms with Gasteiger partial charge in [0, 0.05) is 29.8 Å². The highest BCUT2D eigenvalue weighted by molar-refractivity contribution is 7.09. The number of nitrogens with zero attached hydrogens (tertiary/aromatic N) is 2. The van der Waals surface area contributed by atoms with Crippen molar-refractivity contribution in [1.82, 2.24) is 10.3 Å². The Bertz CT molecular complexity index is 670. The molecule has 0 radical (unpaired) electrons. The van der Waals surface area contributed by atoms with Crippen LogP contribution in [0.25, 0.3) is 0 Å². The van der Waals surface area contributed by atoms with Gasteiger partial charge >= 0.3 is 0 Å². The van der Waals surface area contributed by atoms with Crippen LogP contribution in [-0.4, -0.2) is 21.6 Å². The van der Waals surface area contributed by atoms with Gasteiger partial charge in [-0.25, -0.2) is 4.98 Å². The van der Waals surface area contributed by atoms with Crippen LogP contribution in [0.1, 0.15) is 36.2 Å². The lowest BCUT2D eigenvalue weighted by Crippen LogP contribution is -2.39. The molecule has 0 saturated heterocycles. The van der Waals surface area contributed by atoms with Gasteiger partial charge in [-0.05, 0) is 26.3 Å². The summed E-state index contributed by atoms with van der Waals surface area (Å²) in [7, 11) is 0. The van der Waals surface area contributed by atoms with Gasteiger partial charge in [0.15, 0.2) is 0 Å². The van der Waals surface area contributed by atoms with Crippen LogP contribution < -0.4 is 5.32 Å². The normalized spacial score (nSPS) is 13.1. The van der Waals surface area contributed by atoms with Crippen molar-refractivity contribution in [3.8, 4) is 0 Å². The summed E-state index contributed by atoms with van der Waals surface area (Å²) in [5.74, 6) is 0. The van der Waals surface area contributed by atoms with Crippen LogP contribution >= 0.6 is 11.3 Å². The molecular weight excluding hydrogens is 302 g/mol. The Hall–Kier alpha value is -1.83. The van der Waals surface area contributed by atoms with Crippen LogP contribution in [0.15, 0.2) is 29.6 Å².